The molecule has 0 saturated carbocycles. The Balaban J connectivity index is 2.35. The lowest BCUT2D eigenvalue weighted by Gasteiger charge is -2.34. The van der Waals surface area contributed by atoms with Crippen LogP contribution in [0, 0.1) is 12.8 Å². The summed E-state index contributed by atoms with van der Waals surface area (Å²) in [4.78, 5) is 0. The number of aryl methyl sites for hydroxylation is 1. The highest BCUT2D eigenvalue weighted by Crippen LogP contribution is 2.46. The topological polar surface area (TPSA) is 53.6 Å². The summed E-state index contributed by atoms with van der Waals surface area (Å²) in [6.45, 7) is 6.16. The Morgan fingerprint density at radius 3 is 2.56 bits per heavy atom. The van der Waals surface area contributed by atoms with E-state index in [0.29, 0.717) is 5.56 Å². The van der Waals surface area contributed by atoms with E-state index in [4.69, 9.17) is 4.42 Å². The third kappa shape index (κ3) is 1.44. The monoisotopic (exact) mass is 246 g/mol. The van der Waals surface area contributed by atoms with Crippen LogP contribution in [0.3, 0.4) is 0 Å². The highest BCUT2D eigenvalue weighted by Gasteiger charge is 2.39. The number of furan rings is 1. The van der Waals surface area contributed by atoms with Crippen LogP contribution < -0.4 is 0 Å². The SMILES string of the molecule is Cc1cc2c3c(coc3c1)[C@@H](O)[C@H](O)[C@H]2C(C)C. The summed E-state index contributed by atoms with van der Waals surface area (Å²) in [7, 11) is 0. The van der Waals surface area contributed by atoms with Crippen LogP contribution in [0.15, 0.2) is 22.8 Å². The van der Waals surface area contributed by atoms with Crippen LogP contribution in [-0.2, 0) is 0 Å². The van der Waals surface area contributed by atoms with Crippen molar-refractivity contribution in [2.24, 2.45) is 5.92 Å². The molecule has 18 heavy (non-hydrogen) atoms. The van der Waals surface area contributed by atoms with Gasteiger partial charge in [-0.15, -0.1) is 0 Å². The molecular weight excluding hydrogens is 228 g/mol. The van der Waals surface area contributed by atoms with Gasteiger partial charge in [-0.1, -0.05) is 19.9 Å². The van der Waals surface area contributed by atoms with Gasteiger partial charge < -0.3 is 14.6 Å². The largest absolute Gasteiger partial charge is 0.464 e. The normalized spacial score (nSPS) is 27.1. The summed E-state index contributed by atoms with van der Waals surface area (Å²) in [6.07, 6.45) is -0.0492. The zero-order chi connectivity index (χ0) is 13.0. The first-order chi connectivity index (χ1) is 8.50. The fourth-order valence-corrected chi connectivity index (χ4v) is 3.17. The minimum absolute atomic E-state index is 0.0486. The van der Waals surface area contributed by atoms with E-state index in [0.717, 1.165) is 22.1 Å². The van der Waals surface area contributed by atoms with Crippen molar-refractivity contribution in [3.05, 3.63) is 35.1 Å². The molecule has 3 atom stereocenters. The smallest absolute Gasteiger partial charge is 0.134 e. The molecule has 1 aromatic carbocycles. The molecule has 2 N–H and O–H groups in total. The average molecular weight is 246 g/mol. The van der Waals surface area contributed by atoms with Crippen molar-refractivity contribution in [2.45, 2.75) is 38.9 Å². The maximum atomic E-state index is 10.3. The van der Waals surface area contributed by atoms with Crippen LogP contribution in [0.4, 0.5) is 0 Å². The number of benzene rings is 1. The van der Waals surface area contributed by atoms with Gasteiger partial charge in [-0.05, 0) is 30.0 Å². The van der Waals surface area contributed by atoms with Crippen LogP contribution in [0.1, 0.15) is 42.6 Å². The maximum absolute atomic E-state index is 10.3. The van der Waals surface area contributed by atoms with Crippen LogP contribution in [0.25, 0.3) is 11.0 Å². The van der Waals surface area contributed by atoms with E-state index in [-0.39, 0.29) is 11.8 Å². The second-order valence-electron chi connectivity index (χ2n) is 5.62. The van der Waals surface area contributed by atoms with E-state index >= 15 is 0 Å². The highest BCUT2D eigenvalue weighted by molar-refractivity contribution is 5.87. The third-order valence-electron chi connectivity index (χ3n) is 3.97. The van der Waals surface area contributed by atoms with Crippen molar-refractivity contribution >= 4 is 11.0 Å². The van der Waals surface area contributed by atoms with Gasteiger partial charge in [0, 0.05) is 16.9 Å². The zero-order valence-electron chi connectivity index (χ0n) is 10.8. The van der Waals surface area contributed by atoms with Crippen LogP contribution in [0.2, 0.25) is 0 Å². The fraction of sp³-hybridized carbons (Fsp3) is 0.467. The zero-order valence-corrected chi connectivity index (χ0v) is 10.8. The van der Waals surface area contributed by atoms with E-state index in [1.807, 2.05) is 13.0 Å². The average Bonchev–Trinajstić information content (AvgIpc) is 2.69. The Labute approximate surface area is 106 Å². The molecular formula is C15H18O3. The standard InChI is InChI=1S/C15H18O3/c1-7(2)12-9-4-8(3)5-11-13(9)10(6-18-11)14(16)15(12)17/h4-7,12,14-17H,1-3H3/t12-,14+,15+/m0/s1. The lowest BCUT2D eigenvalue weighted by Crippen LogP contribution is -2.32. The quantitative estimate of drug-likeness (QED) is 0.813. The molecule has 1 aliphatic carbocycles. The lowest BCUT2D eigenvalue weighted by atomic mass is 9.74. The molecule has 3 heteroatoms. The summed E-state index contributed by atoms with van der Waals surface area (Å²) < 4.78 is 5.52. The van der Waals surface area contributed by atoms with E-state index in [2.05, 4.69) is 19.9 Å². The number of rotatable bonds is 1. The van der Waals surface area contributed by atoms with Crippen LogP contribution >= 0.6 is 0 Å². The first-order valence-corrected chi connectivity index (χ1v) is 6.38. The summed E-state index contributed by atoms with van der Waals surface area (Å²) in [5.41, 5.74) is 3.73. The Hall–Kier alpha value is -1.32. The predicted octanol–water partition coefficient (Wildman–Crippen LogP) is 2.89. The van der Waals surface area contributed by atoms with Gasteiger partial charge in [0.05, 0.1) is 12.4 Å². The molecule has 0 saturated heterocycles. The Bertz CT molecular complexity index is 597. The summed E-state index contributed by atoms with van der Waals surface area (Å²) in [6, 6.07) is 4.07. The Morgan fingerprint density at radius 2 is 1.89 bits per heavy atom. The summed E-state index contributed by atoms with van der Waals surface area (Å²) >= 11 is 0. The van der Waals surface area contributed by atoms with Gasteiger partial charge in [0.15, 0.2) is 0 Å². The maximum Gasteiger partial charge on any atom is 0.134 e. The lowest BCUT2D eigenvalue weighted by molar-refractivity contribution is -0.0110. The second-order valence-corrected chi connectivity index (χ2v) is 5.62. The van der Waals surface area contributed by atoms with Gasteiger partial charge in [-0.2, -0.15) is 0 Å². The molecule has 0 unspecified atom stereocenters. The molecule has 1 heterocycles. The molecule has 96 valence electrons. The molecule has 0 aliphatic heterocycles. The van der Waals surface area contributed by atoms with E-state index in [1.165, 1.54) is 0 Å². The Morgan fingerprint density at radius 1 is 1.17 bits per heavy atom. The van der Waals surface area contributed by atoms with Gasteiger partial charge in [0.2, 0.25) is 0 Å². The Kier molecular flexibility index (Phi) is 2.50. The van der Waals surface area contributed by atoms with E-state index in [1.54, 1.807) is 6.26 Å². The molecule has 0 amide bonds. The number of aliphatic hydroxyl groups excluding tert-OH is 2. The van der Waals surface area contributed by atoms with Gasteiger partial charge in [-0.25, -0.2) is 0 Å². The van der Waals surface area contributed by atoms with E-state index in [9.17, 15) is 10.2 Å². The first kappa shape index (κ1) is 11.8. The first-order valence-electron chi connectivity index (χ1n) is 6.38. The minimum Gasteiger partial charge on any atom is -0.464 e. The van der Waals surface area contributed by atoms with Crippen molar-refractivity contribution in [3.8, 4) is 0 Å². The van der Waals surface area contributed by atoms with Crippen molar-refractivity contribution in [3.63, 3.8) is 0 Å². The number of aliphatic hydroxyl groups is 2. The number of hydrogen-bond donors (Lipinski definition) is 2. The molecule has 0 bridgehead atoms. The van der Waals surface area contributed by atoms with Crippen molar-refractivity contribution in [1.29, 1.82) is 0 Å². The highest BCUT2D eigenvalue weighted by atomic mass is 16.3. The van der Waals surface area contributed by atoms with Crippen molar-refractivity contribution < 1.29 is 14.6 Å². The van der Waals surface area contributed by atoms with Gasteiger partial charge >= 0.3 is 0 Å². The fourth-order valence-electron chi connectivity index (χ4n) is 3.17. The van der Waals surface area contributed by atoms with Crippen LogP contribution in [-0.4, -0.2) is 16.3 Å². The summed E-state index contributed by atoms with van der Waals surface area (Å²) in [5.74, 6) is 0.218. The van der Waals surface area contributed by atoms with Gasteiger partial charge in [0.25, 0.3) is 0 Å². The number of hydrogen-bond acceptors (Lipinski definition) is 3. The van der Waals surface area contributed by atoms with Gasteiger partial charge in [0.1, 0.15) is 11.7 Å². The van der Waals surface area contributed by atoms with Crippen LogP contribution in [0.5, 0.6) is 0 Å². The minimum atomic E-state index is -0.853. The van der Waals surface area contributed by atoms with Gasteiger partial charge in [-0.3, -0.25) is 0 Å². The molecule has 0 spiro atoms. The second kappa shape index (κ2) is 3.84. The molecule has 2 aromatic rings. The molecule has 3 rings (SSSR count). The van der Waals surface area contributed by atoms with Crippen molar-refractivity contribution in [1.82, 2.24) is 0 Å². The molecule has 0 fully saturated rings. The molecule has 1 aliphatic rings. The molecule has 0 radical (unpaired) electrons. The van der Waals surface area contributed by atoms with Crippen molar-refractivity contribution in [2.75, 3.05) is 0 Å². The third-order valence-corrected chi connectivity index (χ3v) is 3.97. The van der Waals surface area contributed by atoms with E-state index < -0.39 is 12.2 Å². The molecule has 3 nitrogen and oxygen atoms in total. The predicted molar refractivity (Wildman–Crippen MR) is 69.5 cm³/mol. The summed E-state index contributed by atoms with van der Waals surface area (Å²) in [5, 5.41) is 21.5. The molecule has 1 aromatic heterocycles.